The molecule has 3 aromatic rings. The minimum absolute atomic E-state index is 0.376. The topological polar surface area (TPSA) is 32.5 Å². The van der Waals surface area contributed by atoms with Crippen LogP contribution in [0.1, 0.15) is 41.6 Å². The van der Waals surface area contributed by atoms with Crippen LogP contribution in [0.4, 0.5) is 0 Å². The number of aromatic nitrogens is 1. The Bertz CT molecular complexity index is 897. The van der Waals surface area contributed by atoms with Gasteiger partial charge in [0.25, 0.3) is 0 Å². The molecule has 2 unspecified atom stereocenters. The van der Waals surface area contributed by atoms with Gasteiger partial charge in [-0.1, -0.05) is 30.3 Å². The van der Waals surface area contributed by atoms with Gasteiger partial charge in [-0.05, 0) is 61.8 Å². The van der Waals surface area contributed by atoms with E-state index in [0.717, 1.165) is 17.6 Å². The SMILES string of the molecule is CN1CC(c2ccc3ocnc3c2)c2ccccc2C1N1CCCC1. The summed E-state index contributed by atoms with van der Waals surface area (Å²) >= 11 is 0. The highest BCUT2D eigenvalue weighted by molar-refractivity contribution is 5.73. The molecule has 0 amide bonds. The molecule has 0 aliphatic carbocycles. The maximum absolute atomic E-state index is 5.41. The number of benzene rings is 2. The molecule has 0 saturated carbocycles. The van der Waals surface area contributed by atoms with Gasteiger partial charge in [-0.2, -0.15) is 0 Å². The summed E-state index contributed by atoms with van der Waals surface area (Å²) in [6, 6.07) is 15.4. The smallest absolute Gasteiger partial charge is 0.181 e. The van der Waals surface area contributed by atoms with E-state index in [2.05, 4.69) is 58.2 Å². The van der Waals surface area contributed by atoms with Crippen molar-refractivity contribution >= 4 is 11.1 Å². The summed E-state index contributed by atoms with van der Waals surface area (Å²) in [5, 5.41) is 0. The number of nitrogens with zero attached hydrogens (tertiary/aromatic N) is 3. The van der Waals surface area contributed by atoms with Gasteiger partial charge in [0.1, 0.15) is 5.52 Å². The molecular weight excluding hydrogens is 310 g/mol. The number of likely N-dealkylation sites (tertiary alicyclic amines) is 1. The van der Waals surface area contributed by atoms with Crippen LogP contribution in [-0.2, 0) is 0 Å². The molecule has 2 aliphatic heterocycles. The first-order valence-corrected chi connectivity index (χ1v) is 9.17. The highest BCUT2D eigenvalue weighted by Gasteiger charge is 2.36. The Balaban J connectivity index is 1.59. The number of likely N-dealkylation sites (N-methyl/N-ethyl adjacent to an activating group) is 1. The summed E-state index contributed by atoms with van der Waals surface area (Å²) < 4.78 is 5.41. The molecule has 5 rings (SSSR count). The predicted molar refractivity (Wildman–Crippen MR) is 98.5 cm³/mol. The second kappa shape index (κ2) is 5.97. The molecule has 2 atom stereocenters. The van der Waals surface area contributed by atoms with Gasteiger partial charge in [0.2, 0.25) is 0 Å². The Kier molecular flexibility index (Phi) is 3.61. The van der Waals surface area contributed by atoms with Crippen LogP contribution in [0.25, 0.3) is 11.1 Å². The lowest BCUT2D eigenvalue weighted by atomic mass is 9.83. The normalized spacial score (nSPS) is 24.7. The van der Waals surface area contributed by atoms with Crippen molar-refractivity contribution in [2.45, 2.75) is 24.9 Å². The zero-order valence-electron chi connectivity index (χ0n) is 14.6. The number of rotatable bonds is 2. The zero-order valence-corrected chi connectivity index (χ0v) is 14.6. The van der Waals surface area contributed by atoms with Gasteiger partial charge in [-0.15, -0.1) is 0 Å². The summed E-state index contributed by atoms with van der Waals surface area (Å²) in [5.41, 5.74) is 6.04. The molecule has 0 bridgehead atoms. The zero-order chi connectivity index (χ0) is 16.8. The molecule has 3 heterocycles. The third-order valence-electron chi connectivity index (χ3n) is 5.78. The summed E-state index contributed by atoms with van der Waals surface area (Å²) in [4.78, 5) is 9.49. The fraction of sp³-hybridized carbons (Fsp3) is 0.381. The van der Waals surface area contributed by atoms with E-state index in [4.69, 9.17) is 4.42 Å². The molecule has 2 aromatic carbocycles. The maximum Gasteiger partial charge on any atom is 0.181 e. The maximum atomic E-state index is 5.41. The molecule has 4 heteroatoms. The monoisotopic (exact) mass is 333 g/mol. The van der Waals surface area contributed by atoms with Crippen LogP contribution >= 0.6 is 0 Å². The molecule has 1 saturated heterocycles. The highest BCUT2D eigenvalue weighted by atomic mass is 16.3. The molecule has 0 radical (unpaired) electrons. The molecule has 2 aliphatic rings. The van der Waals surface area contributed by atoms with Gasteiger partial charge in [-0.3, -0.25) is 9.80 Å². The molecule has 1 aromatic heterocycles. The fourth-order valence-corrected chi connectivity index (χ4v) is 4.63. The summed E-state index contributed by atoms with van der Waals surface area (Å²) in [5.74, 6) is 0.376. The fourth-order valence-electron chi connectivity index (χ4n) is 4.63. The van der Waals surface area contributed by atoms with Gasteiger partial charge in [0.15, 0.2) is 12.0 Å². The lowest BCUT2D eigenvalue weighted by molar-refractivity contribution is 0.0669. The quantitative estimate of drug-likeness (QED) is 0.709. The highest BCUT2D eigenvalue weighted by Crippen LogP contribution is 2.41. The molecule has 128 valence electrons. The summed E-state index contributed by atoms with van der Waals surface area (Å²) in [6.45, 7) is 3.44. The second-order valence-electron chi connectivity index (χ2n) is 7.32. The Morgan fingerprint density at radius 2 is 1.84 bits per heavy atom. The van der Waals surface area contributed by atoms with Crippen molar-refractivity contribution in [1.29, 1.82) is 0 Å². The number of fused-ring (bicyclic) bond motifs is 2. The summed E-state index contributed by atoms with van der Waals surface area (Å²) in [6.07, 6.45) is 4.57. The first kappa shape index (κ1) is 15.1. The van der Waals surface area contributed by atoms with Crippen molar-refractivity contribution in [3.8, 4) is 0 Å². The van der Waals surface area contributed by atoms with E-state index in [-0.39, 0.29) is 0 Å². The van der Waals surface area contributed by atoms with Crippen LogP contribution in [0.2, 0.25) is 0 Å². The Hall–Kier alpha value is -2.17. The van der Waals surface area contributed by atoms with Gasteiger partial charge in [0, 0.05) is 12.5 Å². The van der Waals surface area contributed by atoms with Crippen LogP contribution in [0, 0.1) is 0 Å². The van der Waals surface area contributed by atoms with E-state index < -0.39 is 0 Å². The number of hydrogen-bond donors (Lipinski definition) is 0. The van der Waals surface area contributed by atoms with Crippen LogP contribution in [0.3, 0.4) is 0 Å². The van der Waals surface area contributed by atoms with Crippen molar-refractivity contribution in [2.24, 2.45) is 0 Å². The van der Waals surface area contributed by atoms with Crippen LogP contribution in [0.5, 0.6) is 0 Å². The minimum Gasteiger partial charge on any atom is -0.443 e. The van der Waals surface area contributed by atoms with Crippen molar-refractivity contribution in [3.63, 3.8) is 0 Å². The third-order valence-corrected chi connectivity index (χ3v) is 5.78. The standard InChI is InChI=1S/C21H23N3O/c1-23-13-18(15-8-9-20-19(12-15)22-14-25-20)16-6-2-3-7-17(16)21(23)24-10-4-5-11-24/h2-3,6-9,12,14,18,21H,4-5,10-11,13H2,1H3. The van der Waals surface area contributed by atoms with E-state index >= 15 is 0 Å². The molecule has 0 spiro atoms. The number of hydrogen-bond acceptors (Lipinski definition) is 4. The lowest BCUT2D eigenvalue weighted by Crippen LogP contribution is -2.44. The van der Waals surface area contributed by atoms with Gasteiger partial charge in [-0.25, -0.2) is 4.98 Å². The largest absolute Gasteiger partial charge is 0.443 e. The Morgan fingerprint density at radius 3 is 2.68 bits per heavy atom. The van der Waals surface area contributed by atoms with E-state index in [9.17, 15) is 0 Å². The van der Waals surface area contributed by atoms with E-state index in [1.165, 1.54) is 49.0 Å². The van der Waals surface area contributed by atoms with Gasteiger partial charge < -0.3 is 4.42 Å². The predicted octanol–water partition coefficient (Wildman–Crippen LogP) is 4.00. The van der Waals surface area contributed by atoms with Crippen LogP contribution in [-0.4, -0.2) is 41.5 Å². The Labute approximate surface area is 148 Å². The lowest BCUT2D eigenvalue weighted by Gasteiger charge is -2.43. The minimum atomic E-state index is 0.376. The van der Waals surface area contributed by atoms with Gasteiger partial charge in [0.05, 0.1) is 6.17 Å². The average Bonchev–Trinajstić information content (AvgIpc) is 3.32. The third kappa shape index (κ3) is 2.48. The van der Waals surface area contributed by atoms with Gasteiger partial charge >= 0.3 is 0 Å². The first-order chi connectivity index (χ1) is 12.3. The molecule has 4 nitrogen and oxygen atoms in total. The van der Waals surface area contributed by atoms with Crippen LogP contribution < -0.4 is 0 Å². The Morgan fingerprint density at radius 1 is 1.04 bits per heavy atom. The van der Waals surface area contributed by atoms with Crippen molar-refractivity contribution in [3.05, 3.63) is 65.5 Å². The first-order valence-electron chi connectivity index (χ1n) is 9.17. The summed E-state index contributed by atoms with van der Waals surface area (Å²) in [7, 11) is 2.26. The van der Waals surface area contributed by atoms with Crippen LogP contribution in [0.15, 0.2) is 53.3 Å². The molecular formula is C21H23N3O. The van der Waals surface area contributed by atoms with E-state index in [1.807, 2.05) is 6.07 Å². The average molecular weight is 333 g/mol. The molecule has 0 N–H and O–H groups in total. The van der Waals surface area contributed by atoms with Crippen molar-refractivity contribution < 1.29 is 4.42 Å². The molecule has 1 fully saturated rings. The second-order valence-corrected chi connectivity index (χ2v) is 7.32. The molecule has 25 heavy (non-hydrogen) atoms. The number of oxazole rings is 1. The van der Waals surface area contributed by atoms with Crippen molar-refractivity contribution in [2.75, 3.05) is 26.7 Å². The van der Waals surface area contributed by atoms with E-state index in [0.29, 0.717) is 12.1 Å². The van der Waals surface area contributed by atoms with E-state index in [1.54, 1.807) is 0 Å². The van der Waals surface area contributed by atoms with Crippen molar-refractivity contribution in [1.82, 2.24) is 14.8 Å².